The molecule has 0 radical (unpaired) electrons. The molecule has 2 heterocycles. The number of para-hydroxylation sites is 2. The number of oxazole rings is 1. The normalized spacial score (nSPS) is 11.9. The number of hydrogen-bond donors (Lipinski definition) is 2. The van der Waals surface area contributed by atoms with E-state index in [0.717, 1.165) is 5.52 Å². The van der Waals surface area contributed by atoms with Gasteiger partial charge < -0.3 is 8.83 Å². The molecule has 0 unspecified atom stereocenters. The van der Waals surface area contributed by atoms with Crippen LogP contribution >= 0.6 is 11.8 Å². The molecule has 0 saturated carbocycles. The Hall–Kier alpha value is -3.41. The molecule has 0 fully saturated rings. The third-order valence-corrected chi connectivity index (χ3v) is 5.83. The van der Waals surface area contributed by atoms with Crippen molar-refractivity contribution in [3.63, 3.8) is 0 Å². The van der Waals surface area contributed by atoms with Crippen molar-refractivity contribution in [1.29, 1.82) is 0 Å². The Labute approximate surface area is 181 Å². The van der Waals surface area contributed by atoms with Gasteiger partial charge in [-0.05, 0) is 48.5 Å². The molecular weight excluding hydrogens is 440 g/mol. The lowest BCUT2D eigenvalue weighted by molar-refractivity contribution is -0.118. The van der Waals surface area contributed by atoms with Crippen LogP contribution < -0.4 is 10.6 Å². The van der Waals surface area contributed by atoms with E-state index in [1.807, 2.05) is 24.3 Å². The minimum Gasteiger partial charge on any atom is -0.455 e. The van der Waals surface area contributed by atoms with Crippen LogP contribution in [0.4, 0.5) is 0 Å². The van der Waals surface area contributed by atoms with Crippen molar-refractivity contribution in [2.45, 2.75) is 10.1 Å². The second kappa shape index (κ2) is 8.76. The van der Waals surface area contributed by atoms with Crippen molar-refractivity contribution in [2.75, 3.05) is 5.75 Å². The number of furan rings is 1. The van der Waals surface area contributed by atoms with Crippen LogP contribution in [-0.2, 0) is 14.8 Å². The van der Waals surface area contributed by atoms with Crippen molar-refractivity contribution >= 4 is 45.0 Å². The predicted octanol–water partition coefficient (Wildman–Crippen LogP) is 2.98. The third-order valence-electron chi connectivity index (χ3n) is 4.08. The maximum atomic E-state index is 12.0. The fraction of sp³-hybridized carbons (Fsp3) is 0.0500. The van der Waals surface area contributed by atoms with Crippen LogP contribution in [0.3, 0.4) is 0 Å². The molecule has 0 saturated heterocycles. The summed E-state index contributed by atoms with van der Waals surface area (Å²) in [5, 5.41) is 9.37. The Balaban J connectivity index is 1.31. The summed E-state index contributed by atoms with van der Waals surface area (Å²) in [6.45, 7) is 0. The lowest BCUT2D eigenvalue weighted by atomic mass is 10.2. The molecule has 4 aromatic rings. The molecule has 11 heteroatoms. The number of benzene rings is 2. The number of carbonyl (C=O) groups is 1. The highest BCUT2D eigenvalue weighted by Crippen LogP contribution is 2.24. The average Bonchev–Trinajstić information content (AvgIpc) is 3.38. The summed E-state index contributed by atoms with van der Waals surface area (Å²) in [5.41, 5.74) is 4.48. The Morgan fingerprint density at radius 3 is 2.61 bits per heavy atom. The maximum absolute atomic E-state index is 12.0. The van der Waals surface area contributed by atoms with E-state index in [9.17, 15) is 13.2 Å². The van der Waals surface area contributed by atoms with E-state index in [0.29, 0.717) is 27.9 Å². The largest absolute Gasteiger partial charge is 0.455 e. The number of nitrogens with two attached hydrogens (primary N) is 1. The highest BCUT2D eigenvalue weighted by molar-refractivity contribution is 7.99. The van der Waals surface area contributed by atoms with Gasteiger partial charge in [0.25, 0.3) is 11.1 Å². The lowest BCUT2D eigenvalue weighted by Crippen LogP contribution is -2.19. The number of hydrogen-bond acceptors (Lipinski definition) is 8. The van der Waals surface area contributed by atoms with Gasteiger partial charge in [-0.3, -0.25) is 4.79 Å². The van der Waals surface area contributed by atoms with Gasteiger partial charge in [-0.2, -0.15) is 5.10 Å². The quantitative estimate of drug-likeness (QED) is 0.247. The second-order valence-corrected chi connectivity index (χ2v) is 8.79. The summed E-state index contributed by atoms with van der Waals surface area (Å²) < 4.78 is 33.8. The Morgan fingerprint density at radius 2 is 1.87 bits per heavy atom. The fourth-order valence-corrected chi connectivity index (χ4v) is 3.77. The molecule has 0 spiro atoms. The van der Waals surface area contributed by atoms with Gasteiger partial charge in [0.2, 0.25) is 10.0 Å². The summed E-state index contributed by atoms with van der Waals surface area (Å²) in [5.74, 6) is 0.691. The molecule has 0 bridgehead atoms. The minimum absolute atomic E-state index is 0.0167. The molecule has 0 aliphatic heterocycles. The zero-order valence-corrected chi connectivity index (χ0v) is 17.5. The number of sulfonamides is 1. The lowest BCUT2D eigenvalue weighted by Gasteiger charge is -2.00. The number of aromatic nitrogens is 1. The predicted molar refractivity (Wildman–Crippen MR) is 116 cm³/mol. The Morgan fingerprint density at radius 1 is 1.10 bits per heavy atom. The molecule has 0 aliphatic carbocycles. The van der Waals surface area contributed by atoms with Gasteiger partial charge in [0.15, 0.2) is 5.58 Å². The van der Waals surface area contributed by atoms with Crippen molar-refractivity contribution < 1.29 is 22.0 Å². The Bertz CT molecular complexity index is 1320. The topological polar surface area (TPSA) is 141 Å². The number of rotatable bonds is 7. The van der Waals surface area contributed by atoms with Crippen molar-refractivity contribution in [3.05, 3.63) is 66.4 Å². The first-order valence-electron chi connectivity index (χ1n) is 8.92. The molecule has 2 aromatic heterocycles. The van der Waals surface area contributed by atoms with Crippen LogP contribution in [0, 0.1) is 0 Å². The standard InChI is InChI=1S/C20H16N4O5S2/c21-31(26,27)15-8-5-13(6-9-15)17-10-7-14(28-17)11-22-24-19(25)12-30-20-23-16-3-1-2-4-18(16)29-20/h1-11H,12H2,(H,24,25)(H2,21,26,27)/b22-11-. The van der Waals surface area contributed by atoms with Crippen LogP contribution in [0.5, 0.6) is 0 Å². The number of amides is 1. The van der Waals surface area contributed by atoms with Gasteiger partial charge in [-0.25, -0.2) is 24.0 Å². The van der Waals surface area contributed by atoms with Gasteiger partial charge in [-0.15, -0.1) is 0 Å². The number of carbonyl (C=O) groups excluding carboxylic acids is 1. The number of thioether (sulfide) groups is 1. The van der Waals surface area contributed by atoms with Crippen LogP contribution in [0.15, 0.2) is 84.7 Å². The Kier molecular flexibility index (Phi) is 5.89. The summed E-state index contributed by atoms with van der Waals surface area (Å²) in [7, 11) is -3.75. The SMILES string of the molecule is NS(=O)(=O)c1ccc(-c2ccc(/C=N\NC(=O)CSc3nc4ccccc4o3)o2)cc1. The van der Waals surface area contributed by atoms with E-state index in [1.54, 1.807) is 24.3 Å². The number of primary sulfonamides is 1. The molecule has 3 N–H and O–H groups in total. The molecule has 0 aliphatic rings. The first kappa shape index (κ1) is 20.8. The van der Waals surface area contributed by atoms with Crippen LogP contribution in [-0.4, -0.2) is 31.3 Å². The zero-order chi connectivity index (χ0) is 21.8. The monoisotopic (exact) mass is 456 g/mol. The summed E-state index contributed by atoms with van der Waals surface area (Å²) in [6.07, 6.45) is 1.37. The van der Waals surface area contributed by atoms with Crippen LogP contribution in [0.2, 0.25) is 0 Å². The van der Waals surface area contributed by atoms with Crippen molar-refractivity contribution in [2.24, 2.45) is 10.2 Å². The van der Waals surface area contributed by atoms with Gasteiger partial charge in [0, 0.05) is 5.56 Å². The van der Waals surface area contributed by atoms with E-state index < -0.39 is 10.0 Å². The van der Waals surface area contributed by atoms with E-state index >= 15 is 0 Å². The van der Waals surface area contributed by atoms with Gasteiger partial charge in [0.1, 0.15) is 17.0 Å². The van der Waals surface area contributed by atoms with Crippen LogP contribution in [0.25, 0.3) is 22.4 Å². The van der Waals surface area contributed by atoms with Gasteiger partial charge in [-0.1, -0.05) is 23.9 Å². The van der Waals surface area contributed by atoms with Crippen molar-refractivity contribution in [1.82, 2.24) is 10.4 Å². The zero-order valence-electron chi connectivity index (χ0n) is 15.9. The molecule has 158 valence electrons. The van der Waals surface area contributed by atoms with E-state index in [1.165, 1.54) is 30.1 Å². The maximum Gasteiger partial charge on any atom is 0.257 e. The first-order chi connectivity index (χ1) is 14.9. The van der Waals surface area contributed by atoms with Crippen LogP contribution in [0.1, 0.15) is 5.76 Å². The fourth-order valence-electron chi connectivity index (χ4n) is 2.63. The van der Waals surface area contributed by atoms with Crippen molar-refractivity contribution in [3.8, 4) is 11.3 Å². The molecule has 2 aromatic carbocycles. The molecule has 31 heavy (non-hydrogen) atoms. The second-order valence-electron chi connectivity index (χ2n) is 6.30. The third kappa shape index (κ3) is 5.20. The molecule has 1 amide bonds. The van der Waals surface area contributed by atoms with E-state index in [4.69, 9.17) is 14.0 Å². The van der Waals surface area contributed by atoms with Gasteiger partial charge in [0.05, 0.1) is 16.9 Å². The van der Waals surface area contributed by atoms with E-state index in [2.05, 4.69) is 15.5 Å². The molecule has 0 atom stereocenters. The molecule has 9 nitrogen and oxygen atoms in total. The summed E-state index contributed by atoms with van der Waals surface area (Å²) >= 11 is 1.17. The number of nitrogens with one attached hydrogen (secondary N) is 1. The number of fused-ring (bicyclic) bond motifs is 1. The summed E-state index contributed by atoms with van der Waals surface area (Å²) in [4.78, 5) is 16.3. The number of nitrogens with zero attached hydrogens (tertiary/aromatic N) is 2. The molecular formula is C20H16N4O5S2. The van der Waals surface area contributed by atoms with Gasteiger partial charge >= 0.3 is 0 Å². The highest BCUT2D eigenvalue weighted by Gasteiger charge is 2.10. The molecule has 4 rings (SSSR count). The van der Waals surface area contributed by atoms with E-state index in [-0.39, 0.29) is 16.6 Å². The average molecular weight is 457 g/mol. The number of hydrazone groups is 1. The highest BCUT2D eigenvalue weighted by atomic mass is 32.2. The first-order valence-corrected chi connectivity index (χ1v) is 11.4. The minimum atomic E-state index is -3.75. The summed E-state index contributed by atoms with van der Waals surface area (Å²) in [6, 6.07) is 16.7. The smallest absolute Gasteiger partial charge is 0.257 e.